The van der Waals surface area contributed by atoms with E-state index in [1.54, 1.807) is 5.57 Å². The van der Waals surface area contributed by atoms with Gasteiger partial charge in [-0.1, -0.05) is 11.6 Å². The molecule has 7 unspecified atom stereocenters. The van der Waals surface area contributed by atoms with Crippen LogP contribution in [0.25, 0.3) is 0 Å². The second kappa shape index (κ2) is 2.68. The van der Waals surface area contributed by atoms with Gasteiger partial charge in [-0.15, -0.1) is 0 Å². The summed E-state index contributed by atoms with van der Waals surface area (Å²) in [5.74, 6) is 4.97. The van der Waals surface area contributed by atoms with Crippen molar-refractivity contribution in [1.29, 1.82) is 0 Å². The van der Waals surface area contributed by atoms with E-state index in [2.05, 4.69) is 19.9 Å². The van der Waals surface area contributed by atoms with Gasteiger partial charge in [-0.25, -0.2) is 0 Å². The van der Waals surface area contributed by atoms with E-state index in [0.29, 0.717) is 12.2 Å². The Morgan fingerprint density at radius 1 is 1.20 bits per heavy atom. The summed E-state index contributed by atoms with van der Waals surface area (Å²) in [6.07, 6.45) is 8.11. The molecule has 0 aromatic rings. The van der Waals surface area contributed by atoms with Gasteiger partial charge >= 0.3 is 0 Å². The second-order valence-electron chi connectivity index (χ2n) is 6.15. The van der Waals surface area contributed by atoms with E-state index in [-0.39, 0.29) is 0 Å². The normalized spacial score (nSPS) is 60.7. The molecule has 7 atom stereocenters. The van der Waals surface area contributed by atoms with Crippen LogP contribution in [0, 0.1) is 29.6 Å². The topological polar surface area (TPSA) is 12.5 Å². The van der Waals surface area contributed by atoms with Crippen LogP contribution in [0.1, 0.15) is 33.1 Å². The van der Waals surface area contributed by atoms with Crippen molar-refractivity contribution in [3.8, 4) is 0 Å². The third-order valence-corrected chi connectivity index (χ3v) is 5.78. The quantitative estimate of drug-likeness (QED) is 0.472. The maximum absolute atomic E-state index is 5.73. The summed E-state index contributed by atoms with van der Waals surface area (Å²) in [5.41, 5.74) is 1.66. The Bertz CT molecular complexity index is 332. The van der Waals surface area contributed by atoms with Crippen LogP contribution in [0.3, 0.4) is 0 Å². The van der Waals surface area contributed by atoms with Gasteiger partial charge in [0.25, 0.3) is 0 Å². The van der Waals surface area contributed by atoms with Crippen molar-refractivity contribution in [3.63, 3.8) is 0 Å². The van der Waals surface area contributed by atoms with Crippen molar-refractivity contribution in [2.24, 2.45) is 29.6 Å². The number of rotatable bonds is 1. The van der Waals surface area contributed by atoms with Gasteiger partial charge in [0.2, 0.25) is 0 Å². The fourth-order valence-corrected chi connectivity index (χ4v) is 5.07. The smallest absolute Gasteiger partial charge is 0.0875 e. The summed E-state index contributed by atoms with van der Waals surface area (Å²) in [6.45, 7) is 4.54. The first-order valence-electron chi connectivity index (χ1n) is 6.58. The fraction of sp³-hybridized carbons (Fsp3) is 0.857. The molecule has 4 rings (SSSR count). The zero-order valence-corrected chi connectivity index (χ0v) is 9.65. The van der Waals surface area contributed by atoms with Crippen molar-refractivity contribution in [2.45, 2.75) is 45.3 Å². The lowest BCUT2D eigenvalue weighted by atomic mass is 9.73. The molecule has 1 saturated heterocycles. The molecular formula is C14H20O. The Hall–Kier alpha value is -0.300. The highest BCUT2D eigenvalue weighted by Crippen LogP contribution is 2.66. The molecule has 1 aliphatic heterocycles. The third-order valence-electron chi connectivity index (χ3n) is 5.78. The molecule has 0 amide bonds. The molecule has 3 aliphatic carbocycles. The number of fused-ring (bicyclic) bond motifs is 7. The minimum absolute atomic E-state index is 0.690. The first-order chi connectivity index (χ1) is 7.29. The molecule has 15 heavy (non-hydrogen) atoms. The Balaban J connectivity index is 1.63. The number of hydrogen-bond acceptors (Lipinski definition) is 1. The Morgan fingerprint density at radius 2 is 2.07 bits per heavy atom. The third kappa shape index (κ3) is 0.982. The number of hydrogen-bond donors (Lipinski definition) is 0. The van der Waals surface area contributed by atoms with Crippen molar-refractivity contribution < 1.29 is 4.74 Å². The molecule has 82 valence electrons. The molecule has 3 saturated carbocycles. The van der Waals surface area contributed by atoms with Crippen LogP contribution < -0.4 is 0 Å². The fourth-order valence-electron chi connectivity index (χ4n) is 5.07. The summed E-state index contributed by atoms with van der Waals surface area (Å²) in [5, 5.41) is 0. The van der Waals surface area contributed by atoms with Crippen molar-refractivity contribution >= 4 is 0 Å². The van der Waals surface area contributed by atoms with Gasteiger partial charge in [-0.05, 0) is 62.7 Å². The second-order valence-corrected chi connectivity index (χ2v) is 6.15. The van der Waals surface area contributed by atoms with E-state index in [4.69, 9.17) is 4.74 Å². The van der Waals surface area contributed by atoms with Crippen LogP contribution in [-0.2, 0) is 4.74 Å². The number of ether oxygens (including phenoxy) is 1. The summed E-state index contributed by atoms with van der Waals surface area (Å²) >= 11 is 0. The van der Waals surface area contributed by atoms with Crippen molar-refractivity contribution in [3.05, 3.63) is 11.6 Å². The van der Waals surface area contributed by atoms with E-state index in [9.17, 15) is 0 Å². The predicted molar refractivity (Wildman–Crippen MR) is 59.4 cm³/mol. The lowest BCUT2D eigenvalue weighted by Gasteiger charge is -2.33. The molecule has 2 bridgehead atoms. The molecule has 0 radical (unpaired) electrons. The van der Waals surface area contributed by atoms with Gasteiger partial charge in [0.05, 0.1) is 12.2 Å². The highest BCUT2D eigenvalue weighted by atomic mass is 16.6. The van der Waals surface area contributed by atoms with Crippen LogP contribution in [0.5, 0.6) is 0 Å². The summed E-state index contributed by atoms with van der Waals surface area (Å²) in [4.78, 5) is 0. The van der Waals surface area contributed by atoms with Crippen LogP contribution in [0.4, 0.5) is 0 Å². The molecule has 0 aromatic carbocycles. The van der Waals surface area contributed by atoms with Crippen LogP contribution >= 0.6 is 0 Å². The standard InChI is InChI=1S/C14H20O/c1-3-7(2)9-4-8-5-10(9)11-6-12-14(15-12)13(8)11/h3,8-14H,4-6H2,1-2H3. The monoisotopic (exact) mass is 204 g/mol. The zero-order chi connectivity index (χ0) is 10.2. The molecule has 4 aliphatic rings. The molecule has 0 aromatic heterocycles. The van der Waals surface area contributed by atoms with Crippen LogP contribution in [0.15, 0.2) is 11.6 Å². The maximum atomic E-state index is 5.73. The van der Waals surface area contributed by atoms with E-state index >= 15 is 0 Å². The van der Waals surface area contributed by atoms with E-state index in [0.717, 1.165) is 29.6 Å². The lowest BCUT2D eigenvalue weighted by Crippen LogP contribution is -2.28. The lowest BCUT2D eigenvalue weighted by molar-refractivity contribution is 0.124. The SMILES string of the molecule is CC=C(C)C1CC2CC1C1CC3OC3C21. The average molecular weight is 204 g/mol. The minimum atomic E-state index is 0.690. The highest BCUT2D eigenvalue weighted by molar-refractivity contribution is 5.19. The molecule has 1 heterocycles. The highest BCUT2D eigenvalue weighted by Gasteiger charge is 2.66. The summed E-state index contributed by atoms with van der Waals surface area (Å²) in [7, 11) is 0. The predicted octanol–water partition coefficient (Wildman–Crippen LogP) is 3.01. The first-order valence-corrected chi connectivity index (χ1v) is 6.58. The van der Waals surface area contributed by atoms with Gasteiger partial charge < -0.3 is 4.74 Å². The van der Waals surface area contributed by atoms with Gasteiger partial charge in [-0.3, -0.25) is 0 Å². The Labute approximate surface area is 91.9 Å². The molecule has 1 nitrogen and oxygen atoms in total. The van der Waals surface area contributed by atoms with Crippen LogP contribution in [-0.4, -0.2) is 12.2 Å². The largest absolute Gasteiger partial charge is 0.369 e. The van der Waals surface area contributed by atoms with E-state index in [1.165, 1.54) is 19.3 Å². The van der Waals surface area contributed by atoms with Gasteiger partial charge in [0, 0.05) is 0 Å². The Morgan fingerprint density at radius 3 is 2.87 bits per heavy atom. The van der Waals surface area contributed by atoms with Gasteiger partial charge in [0.1, 0.15) is 0 Å². The van der Waals surface area contributed by atoms with Crippen molar-refractivity contribution in [2.75, 3.05) is 0 Å². The maximum Gasteiger partial charge on any atom is 0.0875 e. The van der Waals surface area contributed by atoms with Crippen molar-refractivity contribution in [1.82, 2.24) is 0 Å². The minimum Gasteiger partial charge on any atom is -0.369 e. The molecular weight excluding hydrogens is 184 g/mol. The van der Waals surface area contributed by atoms with Gasteiger partial charge in [0.15, 0.2) is 0 Å². The summed E-state index contributed by atoms with van der Waals surface area (Å²) < 4.78 is 5.73. The summed E-state index contributed by atoms with van der Waals surface area (Å²) in [6, 6.07) is 0. The molecule has 0 spiro atoms. The van der Waals surface area contributed by atoms with Crippen LogP contribution in [0.2, 0.25) is 0 Å². The van der Waals surface area contributed by atoms with E-state index in [1.807, 2.05) is 0 Å². The Kier molecular flexibility index (Phi) is 1.58. The van der Waals surface area contributed by atoms with E-state index < -0.39 is 0 Å². The first kappa shape index (κ1) is 8.81. The zero-order valence-electron chi connectivity index (χ0n) is 9.65. The number of allylic oxidation sites excluding steroid dienone is 2. The number of epoxide rings is 1. The molecule has 4 fully saturated rings. The van der Waals surface area contributed by atoms with Gasteiger partial charge in [-0.2, -0.15) is 0 Å². The molecule has 0 N–H and O–H groups in total. The average Bonchev–Trinajstić information content (AvgIpc) is 2.69. The molecule has 1 heteroatoms.